The van der Waals surface area contributed by atoms with Gasteiger partial charge in [0.1, 0.15) is 12.4 Å². The zero-order chi connectivity index (χ0) is 15.2. The van der Waals surface area contributed by atoms with Crippen LogP contribution in [0.25, 0.3) is 0 Å². The Morgan fingerprint density at radius 3 is 2.71 bits per heavy atom. The summed E-state index contributed by atoms with van der Waals surface area (Å²) in [5, 5.41) is 4.30. The molecule has 0 spiro atoms. The first-order chi connectivity index (χ1) is 10.1. The van der Waals surface area contributed by atoms with Crippen molar-refractivity contribution in [3.05, 3.63) is 46.8 Å². The van der Waals surface area contributed by atoms with Gasteiger partial charge in [0.2, 0.25) is 0 Å². The number of hydrogen-bond donors (Lipinski definition) is 0. The molecule has 0 fully saturated rings. The minimum absolute atomic E-state index is 0.508. The molecule has 0 saturated heterocycles. The number of aromatic nitrogens is 2. The Kier molecular flexibility index (Phi) is 5.30. The fourth-order valence-electron chi connectivity index (χ4n) is 2.03. The molecule has 1 aromatic heterocycles. The molecule has 1 aromatic carbocycles. The Balaban J connectivity index is 2.04. The summed E-state index contributed by atoms with van der Waals surface area (Å²) >= 11 is 5.62. The van der Waals surface area contributed by atoms with Gasteiger partial charge < -0.3 is 4.74 Å². The van der Waals surface area contributed by atoms with Gasteiger partial charge in [0.05, 0.1) is 11.4 Å². The fraction of sp³-hybridized carbons (Fsp3) is 0.353. The molecule has 0 aliphatic carbocycles. The summed E-state index contributed by atoms with van der Waals surface area (Å²) in [6.45, 7) is 4.52. The van der Waals surface area contributed by atoms with Crippen molar-refractivity contribution in [2.24, 2.45) is 7.05 Å². The summed E-state index contributed by atoms with van der Waals surface area (Å²) in [4.78, 5) is 0. The van der Waals surface area contributed by atoms with E-state index in [0.29, 0.717) is 18.9 Å². The molecule has 0 radical (unpaired) electrons. The second-order valence-corrected chi connectivity index (χ2v) is 5.28. The van der Waals surface area contributed by atoms with Crippen LogP contribution < -0.4 is 4.74 Å². The zero-order valence-electron chi connectivity index (χ0n) is 12.6. The lowest BCUT2D eigenvalue weighted by Crippen LogP contribution is -2.03. The first-order valence-corrected chi connectivity index (χ1v) is 7.41. The van der Waals surface area contributed by atoms with Crippen LogP contribution in [0.4, 0.5) is 0 Å². The highest BCUT2D eigenvalue weighted by Crippen LogP contribution is 2.18. The van der Waals surface area contributed by atoms with Crippen molar-refractivity contribution in [1.29, 1.82) is 0 Å². The van der Waals surface area contributed by atoms with E-state index in [4.69, 9.17) is 16.3 Å². The van der Waals surface area contributed by atoms with Crippen LogP contribution in [0.3, 0.4) is 0 Å². The van der Waals surface area contributed by atoms with Crippen LogP contribution in [0.5, 0.6) is 5.75 Å². The summed E-state index contributed by atoms with van der Waals surface area (Å²) in [6.07, 6.45) is 0.707. The highest BCUT2D eigenvalue weighted by Gasteiger charge is 2.04. The van der Waals surface area contributed by atoms with Crippen LogP contribution in [-0.4, -0.2) is 15.7 Å². The van der Waals surface area contributed by atoms with Gasteiger partial charge in [-0.1, -0.05) is 11.8 Å². The number of rotatable bonds is 4. The molecule has 0 bridgehead atoms. The van der Waals surface area contributed by atoms with E-state index in [9.17, 15) is 0 Å². The first-order valence-electron chi connectivity index (χ1n) is 6.88. The normalized spacial score (nSPS) is 10.1. The van der Waals surface area contributed by atoms with Gasteiger partial charge in [-0.05, 0) is 43.7 Å². The molecule has 3 nitrogen and oxygen atoms in total. The Labute approximate surface area is 130 Å². The second-order valence-electron chi connectivity index (χ2n) is 4.91. The molecule has 2 rings (SSSR count). The van der Waals surface area contributed by atoms with E-state index in [1.807, 2.05) is 49.8 Å². The van der Waals surface area contributed by atoms with Gasteiger partial charge >= 0.3 is 0 Å². The number of alkyl halides is 1. The van der Waals surface area contributed by atoms with Gasteiger partial charge in [-0.15, -0.1) is 11.6 Å². The van der Waals surface area contributed by atoms with Crippen molar-refractivity contribution in [3.8, 4) is 17.6 Å². The topological polar surface area (TPSA) is 27.1 Å². The first kappa shape index (κ1) is 15.5. The van der Waals surface area contributed by atoms with Crippen LogP contribution in [-0.2, 0) is 13.7 Å². The predicted molar refractivity (Wildman–Crippen MR) is 85.7 cm³/mol. The molecular formula is C17H19ClN2O. The van der Waals surface area contributed by atoms with Crippen LogP contribution in [0.2, 0.25) is 0 Å². The predicted octanol–water partition coefficient (Wildman–Crippen LogP) is 3.60. The maximum Gasteiger partial charge on any atom is 0.130 e. The van der Waals surface area contributed by atoms with Gasteiger partial charge in [0.15, 0.2) is 0 Å². The SMILES string of the molecule is Cc1cc(COc2ccc(C#CCCCl)c(C)c2)n(C)n1. The fourth-order valence-corrected chi connectivity index (χ4v) is 2.12. The summed E-state index contributed by atoms with van der Waals surface area (Å²) in [5.74, 6) is 7.58. The Morgan fingerprint density at radius 1 is 1.29 bits per heavy atom. The lowest BCUT2D eigenvalue weighted by molar-refractivity contribution is 0.294. The van der Waals surface area contributed by atoms with E-state index in [2.05, 4.69) is 16.9 Å². The average Bonchev–Trinajstić information content (AvgIpc) is 2.77. The molecule has 0 N–H and O–H groups in total. The van der Waals surface area contributed by atoms with Gasteiger partial charge in [0, 0.05) is 24.9 Å². The van der Waals surface area contributed by atoms with Crippen LogP contribution in [0, 0.1) is 25.7 Å². The van der Waals surface area contributed by atoms with Crippen LogP contribution >= 0.6 is 11.6 Å². The van der Waals surface area contributed by atoms with Crippen molar-refractivity contribution in [3.63, 3.8) is 0 Å². The molecule has 1 heterocycles. The van der Waals surface area contributed by atoms with E-state index in [1.165, 1.54) is 0 Å². The highest BCUT2D eigenvalue weighted by molar-refractivity contribution is 6.18. The summed E-state index contributed by atoms with van der Waals surface area (Å²) in [7, 11) is 1.92. The Hall–Kier alpha value is -1.92. The minimum atomic E-state index is 0.508. The summed E-state index contributed by atoms with van der Waals surface area (Å²) < 4.78 is 7.66. The van der Waals surface area contributed by atoms with Gasteiger partial charge in [0.25, 0.3) is 0 Å². The number of aryl methyl sites for hydroxylation is 3. The third kappa shape index (κ3) is 4.27. The number of nitrogens with zero attached hydrogens (tertiary/aromatic N) is 2. The van der Waals surface area contributed by atoms with Crippen molar-refractivity contribution in [2.75, 3.05) is 5.88 Å². The maximum atomic E-state index is 5.82. The number of hydrogen-bond acceptors (Lipinski definition) is 2. The molecule has 0 saturated carbocycles. The standard InChI is InChI=1S/C17H19ClN2O/c1-13-10-17(8-7-15(13)6-4-5-9-18)21-12-16-11-14(2)19-20(16)3/h7-8,10-11H,5,9,12H2,1-3H3. The van der Waals surface area contributed by atoms with E-state index < -0.39 is 0 Å². The third-order valence-electron chi connectivity index (χ3n) is 3.13. The number of benzene rings is 1. The molecule has 0 aliphatic rings. The molecule has 0 amide bonds. The second kappa shape index (κ2) is 7.19. The maximum absolute atomic E-state index is 5.82. The van der Waals surface area contributed by atoms with E-state index in [0.717, 1.165) is 28.3 Å². The molecule has 2 aromatic rings. The monoisotopic (exact) mass is 302 g/mol. The average molecular weight is 303 g/mol. The minimum Gasteiger partial charge on any atom is -0.487 e. The van der Waals surface area contributed by atoms with Crippen LogP contribution in [0.15, 0.2) is 24.3 Å². The Bertz CT molecular complexity index is 680. The lowest BCUT2D eigenvalue weighted by atomic mass is 10.1. The zero-order valence-corrected chi connectivity index (χ0v) is 13.4. The highest BCUT2D eigenvalue weighted by atomic mass is 35.5. The number of halogens is 1. The van der Waals surface area contributed by atoms with Gasteiger partial charge in [-0.25, -0.2) is 0 Å². The largest absolute Gasteiger partial charge is 0.487 e. The Morgan fingerprint density at radius 2 is 2.10 bits per heavy atom. The number of ether oxygens (including phenoxy) is 1. The third-order valence-corrected chi connectivity index (χ3v) is 3.32. The van der Waals surface area contributed by atoms with Crippen molar-refractivity contribution >= 4 is 11.6 Å². The molecule has 21 heavy (non-hydrogen) atoms. The summed E-state index contributed by atoms with van der Waals surface area (Å²) in [5.41, 5.74) is 4.17. The van der Waals surface area contributed by atoms with Crippen molar-refractivity contribution in [1.82, 2.24) is 9.78 Å². The smallest absolute Gasteiger partial charge is 0.130 e. The summed E-state index contributed by atoms with van der Waals surface area (Å²) in [6, 6.07) is 7.97. The molecule has 0 unspecified atom stereocenters. The van der Waals surface area contributed by atoms with Crippen molar-refractivity contribution < 1.29 is 4.74 Å². The molecule has 4 heteroatoms. The molecular weight excluding hydrogens is 284 g/mol. The lowest BCUT2D eigenvalue weighted by Gasteiger charge is -2.08. The molecule has 0 aliphatic heterocycles. The van der Waals surface area contributed by atoms with Gasteiger partial charge in [-0.3, -0.25) is 4.68 Å². The molecule has 0 atom stereocenters. The van der Waals surface area contributed by atoms with E-state index in [1.54, 1.807) is 0 Å². The van der Waals surface area contributed by atoms with Crippen LogP contribution in [0.1, 0.15) is 28.9 Å². The quantitative estimate of drug-likeness (QED) is 0.637. The van der Waals surface area contributed by atoms with Crippen molar-refractivity contribution in [2.45, 2.75) is 26.9 Å². The van der Waals surface area contributed by atoms with E-state index >= 15 is 0 Å². The van der Waals surface area contributed by atoms with E-state index in [-0.39, 0.29) is 0 Å². The van der Waals surface area contributed by atoms with Gasteiger partial charge in [-0.2, -0.15) is 5.10 Å². The molecule has 110 valence electrons.